The molecule has 0 radical (unpaired) electrons. The van der Waals surface area contributed by atoms with Gasteiger partial charge in [-0.25, -0.2) is 13.1 Å². The maximum absolute atomic E-state index is 11.6. The van der Waals surface area contributed by atoms with E-state index >= 15 is 0 Å². The van der Waals surface area contributed by atoms with Crippen LogP contribution in [-0.4, -0.2) is 27.2 Å². The SMILES string of the molecule is CNS(=O)(=O)c1c(Cl)cc(C#CCO)cc1Cl. The predicted molar refractivity (Wildman–Crippen MR) is 66.7 cm³/mol. The van der Waals surface area contributed by atoms with Crippen molar-refractivity contribution in [2.24, 2.45) is 0 Å². The van der Waals surface area contributed by atoms with Gasteiger partial charge in [-0.2, -0.15) is 0 Å². The number of hydrogen-bond donors (Lipinski definition) is 2. The number of aliphatic hydroxyl groups excluding tert-OH is 1. The number of benzene rings is 1. The molecule has 0 atom stereocenters. The van der Waals surface area contributed by atoms with Crippen LogP contribution in [0.4, 0.5) is 0 Å². The number of nitrogens with one attached hydrogen (secondary N) is 1. The third-order valence-electron chi connectivity index (χ3n) is 1.85. The molecule has 0 aromatic heterocycles. The summed E-state index contributed by atoms with van der Waals surface area (Å²) in [6.45, 7) is -0.300. The summed E-state index contributed by atoms with van der Waals surface area (Å²) in [5, 5.41) is 8.50. The van der Waals surface area contributed by atoms with Crippen molar-refractivity contribution in [1.29, 1.82) is 0 Å². The van der Waals surface area contributed by atoms with Crippen LogP contribution in [-0.2, 0) is 10.0 Å². The van der Waals surface area contributed by atoms with Crippen molar-refractivity contribution in [2.45, 2.75) is 4.90 Å². The number of sulfonamides is 1. The molecular weight excluding hydrogens is 285 g/mol. The molecule has 0 aliphatic rings. The van der Waals surface area contributed by atoms with Crippen molar-refractivity contribution in [3.05, 3.63) is 27.7 Å². The Hall–Kier alpha value is -0.770. The first-order valence-electron chi connectivity index (χ1n) is 4.44. The molecule has 0 unspecified atom stereocenters. The average Bonchev–Trinajstić information content (AvgIpc) is 2.25. The normalized spacial score (nSPS) is 10.8. The largest absolute Gasteiger partial charge is 0.384 e. The van der Waals surface area contributed by atoms with E-state index < -0.39 is 10.0 Å². The molecular formula is C10H9Cl2NO3S. The highest BCUT2D eigenvalue weighted by Crippen LogP contribution is 2.30. The van der Waals surface area contributed by atoms with Crippen LogP contribution in [0.3, 0.4) is 0 Å². The second-order valence-corrected chi connectivity index (χ2v) is 5.57. The average molecular weight is 294 g/mol. The molecule has 0 spiro atoms. The van der Waals surface area contributed by atoms with E-state index in [1.165, 1.54) is 19.2 Å². The van der Waals surface area contributed by atoms with E-state index in [0.29, 0.717) is 5.56 Å². The molecule has 1 rings (SSSR count). The van der Waals surface area contributed by atoms with Crippen LogP contribution in [0, 0.1) is 11.8 Å². The minimum atomic E-state index is -3.71. The fourth-order valence-electron chi connectivity index (χ4n) is 1.13. The maximum atomic E-state index is 11.6. The highest BCUT2D eigenvalue weighted by molar-refractivity contribution is 7.89. The third kappa shape index (κ3) is 3.35. The summed E-state index contributed by atoms with van der Waals surface area (Å²) in [5.41, 5.74) is 0.434. The zero-order valence-electron chi connectivity index (χ0n) is 8.79. The Balaban J connectivity index is 3.40. The van der Waals surface area contributed by atoms with Gasteiger partial charge in [-0.15, -0.1) is 0 Å². The summed E-state index contributed by atoms with van der Waals surface area (Å²) in [5.74, 6) is 5.00. The second-order valence-electron chi connectivity index (χ2n) is 2.94. The van der Waals surface area contributed by atoms with Gasteiger partial charge in [0.2, 0.25) is 10.0 Å². The summed E-state index contributed by atoms with van der Waals surface area (Å²) in [6, 6.07) is 2.75. The van der Waals surface area contributed by atoms with E-state index in [-0.39, 0.29) is 21.5 Å². The first-order chi connectivity index (χ1) is 7.92. The number of halogens is 2. The molecule has 17 heavy (non-hydrogen) atoms. The van der Waals surface area contributed by atoms with Gasteiger partial charge in [0.15, 0.2) is 0 Å². The van der Waals surface area contributed by atoms with Gasteiger partial charge in [-0.3, -0.25) is 0 Å². The quantitative estimate of drug-likeness (QED) is 0.807. The van der Waals surface area contributed by atoms with Gasteiger partial charge in [0.25, 0.3) is 0 Å². The fraction of sp³-hybridized carbons (Fsp3) is 0.200. The molecule has 0 saturated carbocycles. The van der Waals surface area contributed by atoms with Crippen molar-refractivity contribution in [3.8, 4) is 11.8 Å². The molecule has 0 heterocycles. The highest BCUT2D eigenvalue weighted by atomic mass is 35.5. The van der Waals surface area contributed by atoms with Crippen molar-refractivity contribution in [2.75, 3.05) is 13.7 Å². The lowest BCUT2D eigenvalue weighted by atomic mass is 10.2. The number of rotatable bonds is 2. The monoisotopic (exact) mass is 293 g/mol. The molecule has 0 amide bonds. The van der Waals surface area contributed by atoms with Crippen LogP contribution >= 0.6 is 23.2 Å². The van der Waals surface area contributed by atoms with E-state index in [1.54, 1.807) is 0 Å². The van der Waals surface area contributed by atoms with Crippen molar-refractivity contribution in [3.63, 3.8) is 0 Å². The topological polar surface area (TPSA) is 66.4 Å². The van der Waals surface area contributed by atoms with Crippen molar-refractivity contribution < 1.29 is 13.5 Å². The van der Waals surface area contributed by atoms with Gasteiger partial charge in [0.05, 0.1) is 10.0 Å². The first-order valence-corrected chi connectivity index (χ1v) is 6.68. The van der Waals surface area contributed by atoms with Gasteiger partial charge in [0, 0.05) is 5.56 Å². The van der Waals surface area contributed by atoms with Crippen LogP contribution < -0.4 is 4.72 Å². The van der Waals surface area contributed by atoms with Gasteiger partial charge >= 0.3 is 0 Å². The fourth-order valence-corrected chi connectivity index (χ4v) is 3.06. The number of hydrogen-bond acceptors (Lipinski definition) is 3. The van der Waals surface area contributed by atoms with Gasteiger partial charge < -0.3 is 5.11 Å². The van der Waals surface area contributed by atoms with Crippen LogP contribution in [0.2, 0.25) is 10.0 Å². The second kappa shape index (κ2) is 5.71. The molecule has 2 N–H and O–H groups in total. The predicted octanol–water partition coefficient (Wildman–Crippen LogP) is 1.25. The Morgan fingerprint density at radius 3 is 2.29 bits per heavy atom. The summed E-state index contributed by atoms with van der Waals surface area (Å²) >= 11 is 11.7. The minimum Gasteiger partial charge on any atom is -0.384 e. The van der Waals surface area contributed by atoms with Gasteiger partial charge in [-0.1, -0.05) is 35.0 Å². The summed E-state index contributed by atoms with van der Waals surface area (Å²) < 4.78 is 25.4. The number of aliphatic hydroxyl groups is 1. The van der Waals surface area contributed by atoms with Crippen LogP contribution in [0.1, 0.15) is 5.56 Å². The molecule has 0 saturated heterocycles. The van der Waals surface area contributed by atoms with Crippen molar-refractivity contribution >= 4 is 33.2 Å². The summed E-state index contributed by atoms with van der Waals surface area (Å²) in [6.07, 6.45) is 0. The van der Waals surface area contributed by atoms with Crippen molar-refractivity contribution in [1.82, 2.24) is 4.72 Å². The van der Waals surface area contributed by atoms with E-state index in [0.717, 1.165) is 0 Å². The summed E-state index contributed by atoms with van der Waals surface area (Å²) in [4.78, 5) is -0.183. The Morgan fingerprint density at radius 1 is 1.35 bits per heavy atom. The standard InChI is InChI=1S/C10H9Cl2NO3S/c1-13-17(15,16)10-8(11)5-7(3-2-4-14)6-9(10)12/h5-6,13-14H,4H2,1H3. The molecule has 0 fully saturated rings. The van der Waals surface area contributed by atoms with E-state index in [1.807, 2.05) is 0 Å². The maximum Gasteiger partial charge on any atom is 0.243 e. The first kappa shape index (κ1) is 14.3. The molecule has 0 aliphatic heterocycles. The lowest BCUT2D eigenvalue weighted by Gasteiger charge is -2.07. The zero-order chi connectivity index (χ0) is 13.1. The molecule has 1 aromatic rings. The van der Waals surface area contributed by atoms with Gasteiger partial charge in [0.1, 0.15) is 11.5 Å². The highest BCUT2D eigenvalue weighted by Gasteiger charge is 2.20. The molecule has 4 nitrogen and oxygen atoms in total. The minimum absolute atomic E-state index is 0.0194. The van der Waals surface area contributed by atoms with E-state index in [4.69, 9.17) is 28.3 Å². The Kier molecular flexibility index (Phi) is 4.80. The Bertz CT molecular complexity index is 564. The molecule has 7 heteroatoms. The molecule has 0 bridgehead atoms. The van der Waals surface area contributed by atoms with E-state index in [9.17, 15) is 8.42 Å². The molecule has 0 aliphatic carbocycles. The molecule has 92 valence electrons. The summed E-state index contributed by atoms with van der Waals surface area (Å²) in [7, 11) is -2.44. The van der Waals surface area contributed by atoms with E-state index in [2.05, 4.69) is 16.6 Å². The van der Waals surface area contributed by atoms with Crippen LogP contribution in [0.15, 0.2) is 17.0 Å². The smallest absolute Gasteiger partial charge is 0.243 e. The van der Waals surface area contributed by atoms with Crippen LogP contribution in [0.25, 0.3) is 0 Å². The van der Waals surface area contributed by atoms with Gasteiger partial charge in [-0.05, 0) is 19.2 Å². The Morgan fingerprint density at radius 2 is 1.88 bits per heavy atom. The van der Waals surface area contributed by atoms with Crippen LogP contribution in [0.5, 0.6) is 0 Å². The molecule has 1 aromatic carbocycles. The zero-order valence-corrected chi connectivity index (χ0v) is 11.1. The third-order valence-corrected chi connectivity index (χ3v) is 4.18. The lowest BCUT2D eigenvalue weighted by Crippen LogP contribution is -2.19. The lowest BCUT2D eigenvalue weighted by molar-refractivity contribution is 0.350. The Labute approximate surface area is 110 Å².